The number of pyridine rings is 1. The predicted molar refractivity (Wildman–Crippen MR) is 75.0 cm³/mol. The first-order valence-corrected chi connectivity index (χ1v) is 7.25. The Morgan fingerprint density at radius 2 is 2.44 bits per heavy atom. The normalized spacial score (nSPS) is 21.1. The summed E-state index contributed by atoms with van der Waals surface area (Å²) >= 11 is 3.38. The molecule has 1 aliphatic rings. The number of hydrazine groups is 1. The third-order valence-corrected chi connectivity index (χ3v) is 3.81. The highest BCUT2D eigenvalue weighted by atomic mass is 79.9. The molecule has 2 atom stereocenters. The number of hydrogen-bond acceptors (Lipinski definition) is 4. The van der Waals surface area contributed by atoms with E-state index in [0.717, 1.165) is 36.0 Å². The minimum absolute atomic E-state index is 0.267. The molecule has 3 N–H and O–H groups in total. The lowest BCUT2D eigenvalue weighted by atomic mass is 10.0. The summed E-state index contributed by atoms with van der Waals surface area (Å²) < 4.78 is 6.63. The van der Waals surface area contributed by atoms with Crippen LogP contribution in [0.15, 0.2) is 22.8 Å². The summed E-state index contributed by atoms with van der Waals surface area (Å²) in [6.07, 6.45) is 7.59. The lowest BCUT2D eigenvalue weighted by Gasteiger charge is -2.17. The maximum Gasteiger partial charge on any atom is 0.0576 e. The van der Waals surface area contributed by atoms with Crippen LogP contribution in [-0.4, -0.2) is 23.7 Å². The topological polar surface area (TPSA) is 60.2 Å². The molecule has 100 valence electrons. The predicted octanol–water partition coefficient (Wildman–Crippen LogP) is 2.18. The van der Waals surface area contributed by atoms with Crippen LogP contribution in [0.4, 0.5) is 0 Å². The number of nitrogens with zero attached hydrogens (tertiary/aromatic N) is 1. The number of nitrogens with two attached hydrogens (primary N) is 1. The molecule has 1 aromatic rings. The summed E-state index contributed by atoms with van der Waals surface area (Å²) in [6.45, 7) is 0.916. The molecular weight excluding hydrogens is 294 g/mol. The molecule has 1 aromatic heterocycles. The number of ether oxygens (including phenoxy) is 1. The molecule has 1 aliphatic heterocycles. The molecule has 18 heavy (non-hydrogen) atoms. The van der Waals surface area contributed by atoms with Crippen molar-refractivity contribution in [2.24, 2.45) is 5.84 Å². The largest absolute Gasteiger partial charge is 0.378 e. The minimum atomic E-state index is 0.267. The fourth-order valence-electron chi connectivity index (χ4n) is 2.28. The van der Waals surface area contributed by atoms with Crippen molar-refractivity contribution in [3.8, 4) is 0 Å². The number of aromatic nitrogens is 1. The van der Waals surface area contributed by atoms with Gasteiger partial charge >= 0.3 is 0 Å². The van der Waals surface area contributed by atoms with Gasteiger partial charge in [0, 0.05) is 35.4 Å². The van der Waals surface area contributed by atoms with Gasteiger partial charge in [-0.15, -0.1) is 0 Å². The van der Waals surface area contributed by atoms with Crippen LogP contribution in [0.1, 0.15) is 31.4 Å². The van der Waals surface area contributed by atoms with Crippen LogP contribution in [-0.2, 0) is 11.2 Å². The molecule has 0 saturated carbocycles. The van der Waals surface area contributed by atoms with Gasteiger partial charge in [0.2, 0.25) is 0 Å². The van der Waals surface area contributed by atoms with E-state index in [9.17, 15) is 0 Å². The summed E-state index contributed by atoms with van der Waals surface area (Å²) in [5, 5.41) is 0. The van der Waals surface area contributed by atoms with Crippen molar-refractivity contribution in [2.45, 2.75) is 44.2 Å². The molecule has 0 aliphatic carbocycles. The molecule has 2 unspecified atom stereocenters. The van der Waals surface area contributed by atoms with E-state index in [1.54, 1.807) is 0 Å². The maximum absolute atomic E-state index is 5.62. The second-order valence-electron chi connectivity index (χ2n) is 4.75. The Balaban J connectivity index is 1.79. The van der Waals surface area contributed by atoms with Gasteiger partial charge in [0.1, 0.15) is 0 Å². The molecule has 1 fully saturated rings. The Morgan fingerprint density at radius 1 is 1.56 bits per heavy atom. The Hall–Kier alpha value is -0.490. The zero-order valence-corrected chi connectivity index (χ0v) is 12.0. The maximum atomic E-state index is 5.62. The summed E-state index contributed by atoms with van der Waals surface area (Å²) in [5.41, 5.74) is 3.95. The highest BCUT2D eigenvalue weighted by molar-refractivity contribution is 9.10. The quantitative estimate of drug-likeness (QED) is 0.624. The van der Waals surface area contributed by atoms with Crippen molar-refractivity contribution in [1.82, 2.24) is 10.4 Å². The van der Waals surface area contributed by atoms with Crippen molar-refractivity contribution >= 4 is 15.9 Å². The fraction of sp³-hybridized carbons (Fsp3) is 0.615. The Morgan fingerprint density at radius 3 is 3.06 bits per heavy atom. The highest BCUT2D eigenvalue weighted by Gasteiger charge is 2.17. The van der Waals surface area contributed by atoms with Crippen LogP contribution in [0, 0.1) is 0 Å². The molecule has 2 heterocycles. The SMILES string of the molecule is NNC(CCC1CCCO1)Cc1ccc(Br)cn1. The third-order valence-electron chi connectivity index (χ3n) is 3.34. The molecule has 4 nitrogen and oxygen atoms in total. The second-order valence-corrected chi connectivity index (χ2v) is 5.66. The molecule has 2 rings (SSSR count). The number of hydrogen-bond donors (Lipinski definition) is 2. The van der Waals surface area contributed by atoms with Crippen LogP contribution in [0.3, 0.4) is 0 Å². The van der Waals surface area contributed by atoms with Gasteiger partial charge in [-0.1, -0.05) is 0 Å². The van der Waals surface area contributed by atoms with Crippen molar-refractivity contribution in [3.05, 3.63) is 28.5 Å². The minimum Gasteiger partial charge on any atom is -0.378 e. The van der Waals surface area contributed by atoms with Gasteiger partial charge in [-0.25, -0.2) is 0 Å². The third kappa shape index (κ3) is 4.31. The smallest absolute Gasteiger partial charge is 0.0576 e. The summed E-state index contributed by atoms with van der Waals surface area (Å²) in [7, 11) is 0. The van der Waals surface area contributed by atoms with Crippen LogP contribution in [0.5, 0.6) is 0 Å². The van der Waals surface area contributed by atoms with Crippen LogP contribution < -0.4 is 11.3 Å². The Bertz CT molecular complexity index is 352. The standard InChI is InChI=1S/C13H20BrN3O/c14-10-3-4-11(16-9-10)8-12(17-15)5-6-13-2-1-7-18-13/h3-4,9,12-13,17H,1-2,5-8,15H2. The van der Waals surface area contributed by atoms with E-state index in [1.165, 1.54) is 12.8 Å². The van der Waals surface area contributed by atoms with Gasteiger partial charge < -0.3 is 4.74 Å². The first-order valence-electron chi connectivity index (χ1n) is 6.46. The van der Waals surface area contributed by atoms with Gasteiger partial charge in [0.05, 0.1) is 6.10 Å². The van der Waals surface area contributed by atoms with E-state index in [4.69, 9.17) is 10.6 Å². The molecule has 0 radical (unpaired) electrons. The van der Waals surface area contributed by atoms with E-state index in [2.05, 4.69) is 26.3 Å². The van der Waals surface area contributed by atoms with Crippen LogP contribution in [0.2, 0.25) is 0 Å². The average Bonchev–Trinajstić information content (AvgIpc) is 2.90. The van der Waals surface area contributed by atoms with Gasteiger partial charge in [-0.05, 0) is 53.7 Å². The number of halogens is 1. The van der Waals surface area contributed by atoms with E-state index in [1.807, 2.05) is 18.3 Å². The van der Waals surface area contributed by atoms with Gasteiger partial charge in [-0.2, -0.15) is 0 Å². The number of rotatable bonds is 6. The van der Waals surface area contributed by atoms with Crippen molar-refractivity contribution in [1.29, 1.82) is 0 Å². The molecule has 0 bridgehead atoms. The second kappa shape index (κ2) is 7.19. The van der Waals surface area contributed by atoms with Crippen LogP contribution >= 0.6 is 15.9 Å². The first-order chi connectivity index (χ1) is 8.78. The molecule has 5 heteroatoms. The molecule has 1 saturated heterocycles. The number of nitrogens with one attached hydrogen (secondary N) is 1. The Labute approximate surface area is 116 Å². The summed E-state index contributed by atoms with van der Waals surface area (Å²) in [5.74, 6) is 5.61. The van der Waals surface area contributed by atoms with Crippen molar-refractivity contribution < 1.29 is 4.74 Å². The van der Waals surface area contributed by atoms with E-state index < -0.39 is 0 Å². The average molecular weight is 314 g/mol. The lowest BCUT2D eigenvalue weighted by molar-refractivity contribution is 0.0995. The van der Waals surface area contributed by atoms with Crippen molar-refractivity contribution in [2.75, 3.05) is 6.61 Å². The van der Waals surface area contributed by atoms with Crippen LogP contribution in [0.25, 0.3) is 0 Å². The van der Waals surface area contributed by atoms with E-state index in [-0.39, 0.29) is 6.04 Å². The monoisotopic (exact) mass is 313 g/mol. The molecule has 0 spiro atoms. The zero-order chi connectivity index (χ0) is 12.8. The highest BCUT2D eigenvalue weighted by Crippen LogP contribution is 2.18. The molecular formula is C13H20BrN3O. The molecule has 0 aromatic carbocycles. The van der Waals surface area contributed by atoms with E-state index >= 15 is 0 Å². The fourth-order valence-corrected chi connectivity index (χ4v) is 2.52. The summed E-state index contributed by atoms with van der Waals surface area (Å²) in [4.78, 5) is 4.37. The van der Waals surface area contributed by atoms with Crippen molar-refractivity contribution in [3.63, 3.8) is 0 Å². The lowest BCUT2D eigenvalue weighted by Crippen LogP contribution is -2.37. The summed E-state index contributed by atoms with van der Waals surface area (Å²) in [6, 6.07) is 4.30. The van der Waals surface area contributed by atoms with Gasteiger partial charge in [0.15, 0.2) is 0 Å². The van der Waals surface area contributed by atoms with Gasteiger partial charge in [0.25, 0.3) is 0 Å². The Kier molecular flexibility index (Phi) is 5.56. The van der Waals surface area contributed by atoms with E-state index in [0.29, 0.717) is 6.10 Å². The molecule has 0 amide bonds. The van der Waals surface area contributed by atoms with Gasteiger partial charge in [-0.3, -0.25) is 16.3 Å². The first kappa shape index (κ1) is 13.9. The zero-order valence-electron chi connectivity index (χ0n) is 10.4.